The molecular weight excluding hydrogens is 345 g/mol. The Morgan fingerprint density at radius 1 is 1.12 bits per heavy atom. The molecule has 0 spiro atoms. The average molecular weight is 366 g/mol. The molecule has 2 aromatic carbocycles. The molecule has 24 heavy (non-hydrogen) atoms. The first-order valence-corrected chi connectivity index (χ1v) is 8.48. The molecule has 128 valence electrons. The number of nitrogens with zero attached hydrogens (tertiary/aromatic N) is 1. The lowest BCUT2D eigenvalue weighted by Gasteiger charge is -2.16. The van der Waals surface area contributed by atoms with Gasteiger partial charge in [0.25, 0.3) is 0 Å². The van der Waals surface area contributed by atoms with Crippen molar-refractivity contribution >= 4 is 29.0 Å². The number of ether oxygens (including phenoxy) is 1. The zero-order valence-corrected chi connectivity index (χ0v) is 15.6. The van der Waals surface area contributed by atoms with E-state index >= 15 is 0 Å². The molecule has 0 aliphatic carbocycles. The lowest BCUT2D eigenvalue weighted by atomic mass is 9.99. The van der Waals surface area contributed by atoms with Crippen LogP contribution in [-0.2, 0) is 6.61 Å². The van der Waals surface area contributed by atoms with E-state index in [0.29, 0.717) is 28.0 Å². The van der Waals surface area contributed by atoms with Crippen molar-refractivity contribution in [3.05, 3.63) is 63.6 Å². The number of rotatable bonds is 7. The Bertz CT molecular complexity index is 699. The largest absolute Gasteiger partial charge is 0.489 e. The van der Waals surface area contributed by atoms with Gasteiger partial charge in [-0.3, -0.25) is 4.79 Å². The van der Waals surface area contributed by atoms with Crippen LogP contribution in [0.1, 0.15) is 22.8 Å². The highest BCUT2D eigenvalue weighted by Gasteiger charge is 2.15. The van der Waals surface area contributed by atoms with Gasteiger partial charge in [-0.2, -0.15) is 0 Å². The van der Waals surface area contributed by atoms with Gasteiger partial charge >= 0.3 is 0 Å². The third-order valence-electron chi connectivity index (χ3n) is 3.63. The fourth-order valence-electron chi connectivity index (χ4n) is 2.43. The molecule has 0 saturated heterocycles. The number of hydrogen-bond acceptors (Lipinski definition) is 3. The van der Waals surface area contributed by atoms with E-state index in [0.717, 1.165) is 12.1 Å². The van der Waals surface area contributed by atoms with Crippen molar-refractivity contribution in [3.8, 4) is 5.75 Å². The number of ketones is 1. The minimum absolute atomic E-state index is 0.0420. The van der Waals surface area contributed by atoms with Crippen molar-refractivity contribution in [3.63, 3.8) is 0 Å². The standard InChI is InChI=1S/C19H21Cl2NO2/c1-13(11-22(2)3)19(23)14-5-8-17(9-6-14)24-12-15-4-7-16(20)10-18(15)21/h4-10,13H,11-12H2,1-3H3. The summed E-state index contributed by atoms with van der Waals surface area (Å²) in [5.41, 5.74) is 1.56. The SMILES string of the molecule is CC(CN(C)C)C(=O)c1ccc(OCc2ccc(Cl)cc2Cl)cc1. The first kappa shape index (κ1) is 18.8. The molecule has 0 heterocycles. The van der Waals surface area contributed by atoms with Crippen molar-refractivity contribution in [1.29, 1.82) is 0 Å². The van der Waals surface area contributed by atoms with Crippen LogP contribution in [0.3, 0.4) is 0 Å². The van der Waals surface area contributed by atoms with Gasteiger partial charge in [0.2, 0.25) is 0 Å². The van der Waals surface area contributed by atoms with Crippen LogP contribution in [0, 0.1) is 5.92 Å². The van der Waals surface area contributed by atoms with Crippen molar-refractivity contribution in [2.75, 3.05) is 20.6 Å². The summed E-state index contributed by atoms with van der Waals surface area (Å²) >= 11 is 12.0. The molecule has 0 aliphatic heterocycles. The van der Waals surface area contributed by atoms with Crippen molar-refractivity contribution in [2.24, 2.45) is 5.92 Å². The van der Waals surface area contributed by atoms with Gasteiger partial charge in [0.15, 0.2) is 5.78 Å². The molecule has 0 saturated carbocycles. The quantitative estimate of drug-likeness (QED) is 0.649. The minimum atomic E-state index is -0.0420. The number of carbonyl (C=O) groups is 1. The average Bonchev–Trinajstić information content (AvgIpc) is 2.53. The highest BCUT2D eigenvalue weighted by molar-refractivity contribution is 6.35. The van der Waals surface area contributed by atoms with E-state index in [9.17, 15) is 4.79 Å². The maximum Gasteiger partial charge on any atom is 0.166 e. The molecule has 2 aromatic rings. The summed E-state index contributed by atoms with van der Waals surface area (Å²) in [5.74, 6) is 0.786. The summed E-state index contributed by atoms with van der Waals surface area (Å²) in [6, 6.07) is 12.5. The molecule has 0 bridgehead atoms. The van der Waals surface area contributed by atoms with Gasteiger partial charge < -0.3 is 9.64 Å². The number of halogens is 2. The monoisotopic (exact) mass is 365 g/mol. The second-order valence-electron chi connectivity index (χ2n) is 6.08. The highest BCUT2D eigenvalue weighted by atomic mass is 35.5. The second kappa shape index (κ2) is 8.52. The third-order valence-corrected chi connectivity index (χ3v) is 4.22. The summed E-state index contributed by atoms with van der Waals surface area (Å²) < 4.78 is 5.73. The summed E-state index contributed by atoms with van der Waals surface area (Å²) in [5, 5.41) is 1.17. The summed E-state index contributed by atoms with van der Waals surface area (Å²) in [6.07, 6.45) is 0. The van der Waals surface area contributed by atoms with Crippen LogP contribution >= 0.6 is 23.2 Å². The third kappa shape index (κ3) is 5.23. The van der Waals surface area contributed by atoms with Gasteiger partial charge in [-0.25, -0.2) is 0 Å². The molecule has 0 radical (unpaired) electrons. The van der Waals surface area contributed by atoms with Gasteiger partial charge in [0.05, 0.1) is 0 Å². The normalized spacial score (nSPS) is 12.2. The van der Waals surface area contributed by atoms with Crippen LogP contribution in [-0.4, -0.2) is 31.3 Å². The molecule has 0 aromatic heterocycles. The van der Waals surface area contributed by atoms with Gasteiger partial charge in [-0.15, -0.1) is 0 Å². The number of hydrogen-bond donors (Lipinski definition) is 0. The Balaban J connectivity index is 1.98. The highest BCUT2D eigenvalue weighted by Crippen LogP contribution is 2.23. The van der Waals surface area contributed by atoms with E-state index in [1.807, 2.05) is 32.0 Å². The minimum Gasteiger partial charge on any atom is -0.489 e. The molecule has 1 atom stereocenters. The van der Waals surface area contributed by atoms with Crippen LogP contribution in [0.5, 0.6) is 5.75 Å². The Morgan fingerprint density at radius 3 is 2.38 bits per heavy atom. The van der Waals surface area contributed by atoms with E-state index in [-0.39, 0.29) is 11.7 Å². The smallest absolute Gasteiger partial charge is 0.166 e. The molecule has 2 rings (SSSR count). The van der Waals surface area contributed by atoms with E-state index in [1.54, 1.807) is 36.4 Å². The number of carbonyl (C=O) groups excluding carboxylic acids is 1. The Hall–Kier alpha value is -1.55. The van der Waals surface area contributed by atoms with E-state index in [4.69, 9.17) is 27.9 Å². The predicted octanol–water partition coefficient (Wildman–Crippen LogP) is 4.95. The van der Waals surface area contributed by atoms with Crippen LogP contribution in [0.25, 0.3) is 0 Å². The molecule has 0 amide bonds. The molecule has 1 unspecified atom stereocenters. The van der Waals surface area contributed by atoms with Crippen LogP contribution in [0.15, 0.2) is 42.5 Å². The molecular formula is C19H21Cl2NO2. The summed E-state index contributed by atoms with van der Waals surface area (Å²) in [4.78, 5) is 14.4. The number of benzene rings is 2. The first-order chi connectivity index (χ1) is 11.4. The molecule has 5 heteroatoms. The van der Waals surface area contributed by atoms with Gasteiger partial charge in [0.1, 0.15) is 12.4 Å². The Morgan fingerprint density at radius 2 is 1.79 bits per heavy atom. The van der Waals surface area contributed by atoms with Crippen molar-refractivity contribution in [1.82, 2.24) is 4.90 Å². The first-order valence-electron chi connectivity index (χ1n) is 7.72. The Kier molecular flexibility index (Phi) is 6.67. The van der Waals surface area contributed by atoms with Gasteiger partial charge in [0, 0.05) is 33.6 Å². The van der Waals surface area contributed by atoms with E-state index in [1.165, 1.54) is 0 Å². The maximum atomic E-state index is 12.3. The lowest BCUT2D eigenvalue weighted by Crippen LogP contribution is -2.25. The lowest BCUT2D eigenvalue weighted by molar-refractivity contribution is 0.0910. The molecule has 0 N–H and O–H groups in total. The van der Waals surface area contributed by atoms with Crippen LogP contribution in [0.4, 0.5) is 0 Å². The second-order valence-corrected chi connectivity index (χ2v) is 6.92. The zero-order chi connectivity index (χ0) is 17.7. The summed E-state index contributed by atoms with van der Waals surface area (Å²) in [6.45, 7) is 3.02. The van der Waals surface area contributed by atoms with E-state index < -0.39 is 0 Å². The van der Waals surface area contributed by atoms with Crippen molar-refractivity contribution < 1.29 is 9.53 Å². The molecule has 3 nitrogen and oxygen atoms in total. The fourth-order valence-corrected chi connectivity index (χ4v) is 2.89. The van der Waals surface area contributed by atoms with Gasteiger partial charge in [-0.05, 0) is 50.5 Å². The topological polar surface area (TPSA) is 29.5 Å². The van der Waals surface area contributed by atoms with Crippen LogP contribution in [0.2, 0.25) is 10.0 Å². The zero-order valence-electron chi connectivity index (χ0n) is 14.1. The van der Waals surface area contributed by atoms with Gasteiger partial charge in [-0.1, -0.05) is 36.2 Å². The fraction of sp³-hybridized carbons (Fsp3) is 0.316. The van der Waals surface area contributed by atoms with Crippen LogP contribution < -0.4 is 4.74 Å². The van der Waals surface area contributed by atoms with Crippen molar-refractivity contribution in [2.45, 2.75) is 13.5 Å². The predicted molar refractivity (Wildman–Crippen MR) is 99.3 cm³/mol. The molecule has 0 fully saturated rings. The molecule has 0 aliphatic rings. The number of Topliss-reactive ketones (excluding diaryl/α,β-unsaturated/α-hetero) is 1. The van der Waals surface area contributed by atoms with E-state index in [2.05, 4.69) is 0 Å². The summed E-state index contributed by atoms with van der Waals surface area (Å²) in [7, 11) is 3.92. The Labute approximate surface area is 153 Å². The maximum absolute atomic E-state index is 12.3.